The van der Waals surface area contributed by atoms with Crippen LogP contribution in [-0.2, 0) is 4.79 Å². The van der Waals surface area contributed by atoms with E-state index >= 15 is 0 Å². The predicted molar refractivity (Wildman–Crippen MR) is 56.2 cm³/mol. The quantitative estimate of drug-likeness (QED) is 0.666. The molecule has 1 atom stereocenters. The molecule has 0 rings (SSSR count). The van der Waals surface area contributed by atoms with Gasteiger partial charge in [0, 0.05) is 0 Å². The Hall–Kier alpha value is -0.570. The highest BCUT2D eigenvalue weighted by molar-refractivity contribution is 5.68. The molecule has 0 heterocycles. The summed E-state index contributed by atoms with van der Waals surface area (Å²) in [6, 6.07) is 0. The van der Waals surface area contributed by atoms with Gasteiger partial charge < -0.3 is 10.2 Å². The Morgan fingerprint density at radius 1 is 1.43 bits per heavy atom. The van der Waals surface area contributed by atoms with Crippen LogP contribution < -0.4 is 0 Å². The molecule has 1 unspecified atom stereocenters. The van der Waals surface area contributed by atoms with E-state index in [1.165, 1.54) is 0 Å². The van der Waals surface area contributed by atoms with Crippen molar-refractivity contribution in [1.29, 1.82) is 0 Å². The Labute approximate surface area is 86.1 Å². The van der Waals surface area contributed by atoms with Crippen LogP contribution in [-0.4, -0.2) is 21.8 Å². The summed E-state index contributed by atoms with van der Waals surface area (Å²) in [5.41, 5.74) is -1.00. The van der Waals surface area contributed by atoms with Crippen LogP contribution in [0.2, 0.25) is 0 Å². The zero-order chi connectivity index (χ0) is 11.2. The fourth-order valence-electron chi connectivity index (χ4n) is 1.81. The molecule has 0 aliphatic rings. The summed E-state index contributed by atoms with van der Waals surface area (Å²) in [5.74, 6) is -0.583. The summed E-state index contributed by atoms with van der Waals surface area (Å²) < 4.78 is 0. The van der Waals surface area contributed by atoms with Crippen LogP contribution in [0.4, 0.5) is 0 Å². The smallest absolute Gasteiger partial charge is 0.306 e. The molecule has 0 fully saturated rings. The van der Waals surface area contributed by atoms with Gasteiger partial charge >= 0.3 is 5.97 Å². The van der Waals surface area contributed by atoms with E-state index < -0.39 is 11.6 Å². The predicted octanol–water partition coefficient (Wildman–Crippen LogP) is 2.43. The van der Waals surface area contributed by atoms with E-state index in [2.05, 4.69) is 0 Å². The first-order valence-electron chi connectivity index (χ1n) is 5.34. The maximum Gasteiger partial charge on any atom is 0.306 e. The zero-order valence-electron chi connectivity index (χ0n) is 9.42. The van der Waals surface area contributed by atoms with Crippen LogP contribution in [0.3, 0.4) is 0 Å². The Balaban J connectivity index is 4.24. The lowest BCUT2D eigenvalue weighted by Crippen LogP contribution is -2.33. The average Bonchev–Trinajstić information content (AvgIpc) is 1.97. The lowest BCUT2D eigenvalue weighted by molar-refractivity contribution is -0.143. The normalized spacial score (nSPS) is 15.5. The van der Waals surface area contributed by atoms with Crippen molar-refractivity contribution in [3.8, 4) is 0 Å². The van der Waals surface area contributed by atoms with Crippen molar-refractivity contribution in [2.45, 2.75) is 58.5 Å². The minimum atomic E-state index is -1.00. The van der Waals surface area contributed by atoms with E-state index in [0.29, 0.717) is 18.8 Å². The first-order chi connectivity index (χ1) is 6.39. The summed E-state index contributed by atoms with van der Waals surface area (Å²) >= 11 is 0. The Morgan fingerprint density at radius 2 is 2.00 bits per heavy atom. The van der Waals surface area contributed by atoms with E-state index in [-0.39, 0.29) is 6.42 Å². The molecule has 14 heavy (non-hydrogen) atoms. The van der Waals surface area contributed by atoms with Crippen molar-refractivity contribution in [3.05, 3.63) is 0 Å². The van der Waals surface area contributed by atoms with E-state index in [4.69, 9.17) is 5.11 Å². The molecular weight excluding hydrogens is 180 g/mol. The van der Waals surface area contributed by atoms with E-state index in [1.807, 2.05) is 20.8 Å². The minimum absolute atomic E-state index is 0.134. The van der Waals surface area contributed by atoms with Crippen LogP contribution in [0, 0.1) is 5.92 Å². The molecule has 3 heteroatoms. The van der Waals surface area contributed by atoms with Gasteiger partial charge in [0.15, 0.2) is 0 Å². The molecule has 0 amide bonds. The van der Waals surface area contributed by atoms with Crippen molar-refractivity contribution in [2.75, 3.05) is 0 Å². The Bertz CT molecular complexity index is 177. The molecule has 3 nitrogen and oxygen atoms in total. The number of hydrogen-bond donors (Lipinski definition) is 2. The molecule has 0 aromatic heterocycles. The van der Waals surface area contributed by atoms with Crippen LogP contribution in [0.25, 0.3) is 0 Å². The third-order valence-electron chi connectivity index (χ3n) is 2.26. The molecule has 0 aromatic rings. The zero-order valence-corrected chi connectivity index (χ0v) is 9.42. The molecule has 0 bridgehead atoms. The highest BCUT2D eigenvalue weighted by Crippen LogP contribution is 2.26. The van der Waals surface area contributed by atoms with Crippen LogP contribution >= 0.6 is 0 Å². The molecular formula is C11H22O3. The minimum Gasteiger partial charge on any atom is -0.481 e. The van der Waals surface area contributed by atoms with Gasteiger partial charge in [-0.05, 0) is 18.8 Å². The fourth-order valence-corrected chi connectivity index (χ4v) is 1.81. The summed E-state index contributed by atoms with van der Waals surface area (Å²) in [5, 5.41) is 18.8. The third kappa shape index (κ3) is 5.97. The summed E-state index contributed by atoms with van der Waals surface area (Å²) in [6.07, 6.45) is 2.90. The van der Waals surface area contributed by atoms with Gasteiger partial charge in [0.2, 0.25) is 0 Å². The monoisotopic (exact) mass is 202 g/mol. The second-order valence-corrected chi connectivity index (χ2v) is 4.50. The number of unbranched alkanes of at least 4 members (excludes halogenated alkanes) is 1. The maximum atomic E-state index is 10.6. The van der Waals surface area contributed by atoms with E-state index in [1.54, 1.807) is 0 Å². The summed E-state index contributed by atoms with van der Waals surface area (Å²) in [6.45, 7) is 6.04. The first kappa shape index (κ1) is 13.4. The Kier molecular flexibility index (Phi) is 5.77. The van der Waals surface area contributed by atoms with Gasteiger partial charge in [-0.1, -0.05) is 33.6 Å². The second-order valence-electron chi connectivity index (χ2n) is 4.50. The van der Waals surface area contributed by atoms with Gasteiger partial charge in [-0.25, -0.2) is 0 Å². The van der Waals surface area contributed by atoms with Gasteiger partial charge in [-0.3, -0.25) is 4.79 Å². The molecule has 0 spiro atoms. The van der Waals surface area contributed by atoms with Crippen molar-refractivity contribution in [1.82, 2.24) is 0 Å². The lowest BCUT2D eigenvalue weighted by atomic mass is 9.85. The van der Waals surface area contributed by atoms with Gasteiger partial charge in [0.05, 0.1) is 12.0 Å². The number of carbonyl (C=O) groups is 1. The molecule has 0 radical (unpaired) electrons. The number of rotatable bonds is 7. The van der Waals surface area contributed by atoms with Gasteiger partial charge in [0.1, 0.15) is 0 Å². The SMILES string of the molecule is CCCCC(O)(CC(=O)O)CC(C)C. The molecule has 84 valence electrons. The van der Waals surface area contributed by atoms with Gasteiger partial charge in [-0.2, -0.15) is 0 Å². The first-order valence-corrected chi connectivity index (χ1v) is 5.34. The molecule has 0 aromatic carbocycles. The molecule has 2 N–H and O–H groups in total. The molecule has 0 saturated heterocycles. The van der Waals surface area contributed by atoms with Crippen molar-refractivity contribution in [2.24, 2.45) is 5.92 Å². The number of aliphatic carboxylic acids is 1. The van der Waals surface area contributed by atoms with Crippen molar-refractivity contribution >= 4 is 5.97 Å². The van der Waals surface area contributed by atoms with Crippen LogP contribution in [0.5, 0.6) is 0 Å². The van der Waals surface area contributed by atoms with Crippen molar-refractivity contribution in [3.63, 3.8) is 0 Å². The molecule has 0 saturated carbocycles. The maximum absolute atomic E-state index is 10.6. The fraction of sp³-hybridized carbons (Fsp3) is 0.909. The van der Waals surface area contributed by atoms with Gasteiger partial charge in [0.25, 0.3) is 0 Å². The second kappa shape index (κ2) is 6.02. The number of carboxylic acids is 1. The molecule has 0 aliphatic carbocycles. The number of aliphatic hydroxyl groups is 1. The van der Waals surface area contributed by atoms with E-state index in [9.17, 15) is 9.90 Å². The van der Waals surface area contributed by atoms with Crippen LogP contribution in [0.15, 0.2) is 0 Å². The Morgan fingerprint density at radius 3 is 2.36 bits per heavy atom. The third-order valence-corrected chi connectivity index (χ3v) is 2.26. The topological polar surface area (TPSA) is 57.5 Å². The van der Waals surface area contributed by atoms with Crippen LogP contribution in [0.1, 0.15) is 52.9 Å². The molecule has 0 aliphatic heterocycles. The summed E-state index contributed by atoms with van der Waals surface area (Å²) in [7, 11) is 0. The lowest BCUT2D eigenvalue weighted by Gasteiger charge is -2.28. The number of carboxylic acid groups (broad SMARTS) is 1. The largest absolute Gasteiger partial charge is 0.481 e. The highest BCUT2D eigenvalue weighted by atomic mass is 16.4. The van der Waals surface area contributed by atoms with Crippen molar-refractivity contribution < 1.29 is 15.0 Å². The standard InChI is InChI=1S/C11H22O3/c1-4-5-6-11(14,7-9(2)3)8-10(12)13/h9,14H,4-8H2,1-3H3,(H,12,13). The van der Waals surface area contributed by atoms with Gasteiger partial charge in [-0.15, -0.1) is 0 Å². The summed E-state index contributed by atoms with van der Waals surface area (Å²) in [4.78, 5) is 10.6. The highest BCUT2D eigenvalue weighted by Gasteiger charge is 2.30. The van der Waals surface area contributed by atoms with E-state index in [0.717, 1.165) is 12.8 Å². The average molecular weight is 202 g/mol. The number of hydrogen-bond acceptors (Lipinski definition) is 2.